The summed E-state index contributed by atoms with van der Waals surface area (Å²) in [6.45, 7) is 0.238. The first-order valence-corrected chi connectivity index (χ1v) is 10.3. The van der Waals surface area contributed by atoms with E-state index in [1.54, 1.807) is 25.2 Å². The summed E-state index contributed by atoms with van der Waals surface area (Å²) >= 11 is 6.04. The van der Waals surface area contributed by atoms with Gasteiger partial charge in [-0.05, 0) is 43.0 Å². The highest BCUT2D eigenvalue weighted by Crippen LogP contribution is 2.38. The van der Waals surface area contributed by atoms with E-state index in [9.17, 15) is 14.9 Å². The molecule has 1 saturated carbocycles. The molecule has 1 aliphatic carbocycles. The number of aryl methyl sites for hydroxylation is 1. The van der Waals surface area contributed by atoms with E-state index in [0.29, 0.717) is 33.9 Å². The Balaban J connectivity index is 1.67. The molecule has 31 heavy (non-hydrogen) atoms. The molecule has 2 aromatic heterocycles. The van der Waals surface area contributed by atoms with Gasteiger partial charge in [-0.15, -0.1) is 0 Å². The van der Waals surface area contributed by atoms with Crippen LogP contribution in [-0.2, 0) is 11.8 Å². The minimum atomic E-state index is -0.612. The molecule has 0 spiro atoms. The van der Waals surface area contributed by atoms with Crippen molar-refractivity contribution in [3.8, 4) is 6.07 Å². The third-order valence-electron chi connectivity index (χ3n) is 5.81. The van der Waals surface area contributed by atoms with Crippen molar-refractivity contribution in [2.45, 2.75) is 18.9 Å². The molecule has 0 bridgehead atoms. The van der Waals surface area contributed by atoms with E-state index in [-0.39, 0.29) is 28.9 Å². The van der Waals surface area contributed by atoms with Gasteiger partial charge in [-0.2, -0.15) is 5.26 Å². The van der Waals surface area contributed by atoms with Crippen LogP contribution in [0.5, 0.6) is 0 Å². The molecule has 3 heterocycles. The molecule has 156 valence electrons. The lowest BCUT2D eigenvalue weighted by molar-refractivity contribution is 0.0491. The van der Waals surface area contributed by atoms with Crippen LogP contribution < -0.4 is 16.2 Å². The fourth-order valence-corrected chi connectivity index (χ4v) is 4.18. The van der Waals surface area contributed by atoms with Gasteiger partial charge in [0.2, 0.25) is 0 Å². The highest BCUT2D eigenvalue weighted by molar-refractivity contribution is 6.31. The number of esters is 1. The van der Waals surface area contributed by atoms with Gasteiger partial charge in [0, 0.05) is 24.3 Å². The van der Waals surface area contributed by atoms with Crippen molar-refractivity contribution in [3.63, 3.8) is 0 Å². The van der Waals surface area contributed by atoms with Crippen molar-refractivity contribution in [3.05, 3.63) is 57.1 Å². The fraction of sp³-hybridized carbons (Fsp3) is 0.273. The molecular weight excluding hydrogens is 418 g/mol. The maximum atomic E-state index is 12.9. The Kier molecular flexibility index (Phi) is 4.56. The number of benzene rings is 1. The number of aromatic nitrogens is 2. The fourth-order valence-electron chi connectivity index (χ4n) is 3.98. The summed E-state index contributed by atoms with van der Waals surface area (Å²) in [4.78, 5) is 29.5. The second-order valence-electron chi connectivity index (χ2n) is 7.79. The zero-order valence-corrected chi connectivity index (χ0v) is 17.4. The maximum Gasteiger partial charge on any atom is 0.346 e. The molecule has 3 aromatic rings. The van der Waals surface area contributed by atoms with Crippen molar-refractivity contribution >= 4 is 45.5 Å². The molecule has 0 unspecified atom stereocenters. The lowest BCUT2D eigenvalue weighted by Crippen LogP contribution is -2.27. The Bertz CT molecular complexity index is 1340. The lowest BCUT2D eigenvalue weighted by atomic mass is 10.1. The van der Waals surface area contributed by atoms with E-state index in [2.05, 4.69) is 21.7 Å². The largest absolute Gasteiger partial charge is 0.460 e. The first-order chi connectivity index (χ1) is 15.0. The van der Waals surface area contributed by atoms with Gasteiger partial charge in [0.25, 0.3) is 5.56 Å². The Morgan fingerprint density at radius 1 is 1.32 bits per heavy atom. The smallest absolute Gasteiger partial charge is 0.346 e. The quantitative estimate of drug-likeness (QED) is 0.478. The monoisotopic (exact) mass is 435 g/mol. The van der Waals surface area contributed by atoms with E-state index >= 15 is 0 Å². The summed E-state index contributed by atoms with van der Waals surface area (Å²) in [5, 5.41) is 16.8. The van der Waals surface area contributed by atoms with Gasteiger partial charge in [0.05, 0.1) is 22.9 Å². The predicted molar refractivity (Wildman–Crippen MR) is 117 cm³/mol. The average molecular weight is 436 g/mol. The molecule has 1 aliphatic heterocycles. The van der Waals surface area contributed by atoms with Crippen molar-refractivity contribution in [2.24, 2.45) is 13.0 Å². The van der Waals surface area contributed by atoms with Gasteiger partial charge < -0.3 is 19.9 Å². The van der Waals surface area contributed by atoms with Gasteiger partial charge in [0.1, 0.15) is 29.0 Å². The number of pyridine rings is 2. The number of rotatable bonds is 3. The summed E-state index contributed by atoms with van der Waals surface area (Å²) < 4.78 is 6.86. The zero-order valence-electron chi connectivity index (χ0n) is 16.6. The van der Waals surface area contributed by atoms with Crippen LogP contribution in [0.25, 0.3) is 10.9 Å². The highest BCUT2D eigenvalue weighted by atomic mass is 35.5. The van der Waals surface area contributed by atoms with Crippen LogP contribution >= 0.6 is 11.6 Å². The Labute approximate surface area is 182 Å². The summed E-state index contributed by atoms with van der Waals surface area (Å²) in [5.41, 5.74) is 2.22. The Morgan fingerprint density at radius 2 is 2.13 bits per heavy atom. The molecule has 0 amide bonds. The zero-order chi connectivity index (χ0) is 21.7. The van der Waals surface area contributed by atoms with Crippen LogP contribution in [0, 0.1) is 17.2 Å². The predicted octanol–water partition coefficient (Wildman–Crippen LogP) is 3.56. The lowest BCUT2D eigenvalue weighted by Gasteiger charge is -2.19. The number of fused-ring (bicyclic) bond motifs is 3. The minimum absolute atomic E-state index is 0.0139. The molecule has 1 aromatic carbocycles. The number of cyclic esters (lactones) is 1. The van der Waals surface area contributed by atoms with Gasteiger partial charge in [-0.3, -0.25) is 4.79 Å². The number of anilines is 3. The number of hydrogen-bond acceptors (Lipinski definition) is 7. The van der Waals surface area contributed by atoms with Gasteiger partial charge >= 0.3 is 5.97 Å². The van der Waals surface area contributed by atoms with E-state index in [1.165, 1.54) is 10.8 Å². The van der Waals surface area contributed by atoms with Crippen LogP contribution in [0.4, 0.5) is 17.1 Å². The van der Waals surface area contributed by atoms with Crippen LogP contribution in [0.2, 0.25) is 5.15 Å². The second-order valence-corrected chi connectivity index (χ2v) is 8.15. The number of nitriles is 1. The number of carbonyl (C=O) groups excluding carboxylic acids is 1. The molecule has 5 rings (SSSR count). The van der Waals surface area contributed by atoms with Crippen LogP contribution in [0.15, 0.2) is 35.3 Å². The number of halogens is 1. The number of nitrogens with one attached hydrogen (secondary N) is 2. The van der Waals surface area contributed by atoms with E-state index in [0.717, 1.165) is 12.8 Å². The molecule has 1 fully saturated rings. The van der Waals surface area contributed by atoms with Gasteiger partial charge in [0.15, 0.2) is 0 Å². The second kappa shape index (κ2) is 7.29. The number of carbonyl (C=O) groups is 1. The van der Waals surface area contributed by atoms with Crippen LogP contribution in [-0.4, -0.2) is 28.2 Å². The molecule has 2 N–H and O–H groups in total. The van der Waals surface area contributed by atoms with E-state index in [1.807, 2.05) is 6.07 Å². The van der Waals surface area contributed by atoms with E-state index in [4.69, 9.17) is 16.3 Å². The van der Waals surface area contributed by atoms with Crippen molar-refractivity contribution in [2.75, 3.05) is 17.2 Å². The standard InChI is InChI=1S/C22H18ClN5O3/c1-28-17-5-4-12(26-15-6-7-25-20(23)14(15)9-24)8-13(17)19-18(21(28)29)22(30)31-10-16(27-19)11-2-3-11/h4-8,11,16,27H,2-3,10H2,1H3,(H,25,26)/t16-/m1/s1. The highest BCUT2D eigenvalue weighted by Gasteiger charge is 2.36. The van der Waals surface area contributed by atoms with Crippen LogP contribution in [0.1, 0.15) is 28.8 Å². The van der Waals surface area contributed by atoms with Crippen molar-refractivity contribution in [1.82, 2.24) is 9.55 Å². The molecule has 9 heteroatoms. The molecule has 0 saturated heterocycles. The van der Waals surface area contributed by atoms with Crippen molar-refractivity contribution in [1.29, 1.82) is 5.26 Å². The van der Waals surface area contributed by atoms with Gasteiger partial charge in [-0.25, -0.2) is 9.78 Å². The third-order valence-corrected chi connectivity index (χ3v) is 6.10. The summed E-state index contributed by atoms with van der Waals surface area (Å²) in [6.07, 6.45) is 3.65. The molecule has 8 nitrogen and oxygen atoms in total. The summed E-state index contributed by atoms with van der Waals surface area (Å²) in [5.74, 6) is -0.185. The molecule has 2 aliphatic rings. The SMILES string of the molecule is Cn1c(=O)c2c(c3cc(Nc4ccnc(Cl)c4C#N)ccc31)N[C@@H](C1CC1)COC2=O. The van der Waals surface area contributed by atoms with Gasteiger partial charge in [-0.1, -0.05) is 11.6 Å². The number of nitrogens with zero attached hydrogens (tertiary/aromatic N) is 3. The number of hydrogen-bond donors (Lipinski definition) is 2. The summed E-state index contributed by atoms with van der Waals surface area (Å²) in [7, 11) is 1.63. The molecule has 0 radical (unpaired) electrons. The Morgan fingerprint density at radius 3 is 2.87 bits per heavy atom. The normalized spacial score (nSPS) is 17.8. The topological polar surface area (TPSA) is 109 Å². The minimum Gasteiger partial charge on any atom is -0.460 e. The maximum absolute atomic E-state index is 12.9. The number of ether oxygens (including phenoxy) is 1. The summed E-state index contributed by atoms with van der Waals surface area (Å²) in [6, 6.07) is 9.14. The first-order valence-electron chi connectivity index (χ1n) is 9.90. The Hall–Kier alpha value is -3.57. The molecule has 1 atom stereocenters. The van der Waals surface area contributed by atoms with Crippen molar-refractivity contribution < 1.29 is 9.53 Å². The van der Waals surface area contributed by atoms with Crippen LogP contribution in [0.3, 0.4) is 0 Å². The molecular formula is C22H18ClN5O3. The van der Waals surface area contributed by atoms with E-state index < -0.39 is 11.5 Å². The third kappa shape index (κ3) is 3.27. The first kappa shape index (κ1) is 19.4. The average Bonchev–Trinajstić information content (AvgIpc) is 3.60.